The number of carbonyl (C=O) groups excluding carboxylic acids is 1. The number of aliphatic carboxylic acids is 1. The van der Waals surface area contributed by atoms with Gasteiger partial charge in [-0.3, -0.25) is 4.79 Å². The van der Waals surface area contributed by atoms with E-state index in [1.807, 2.05) is 0 Å². The number of thiol groups is 2. The normalized spacial score (nSPS) is 12.2. The van der Waals surface area contributed by atoms with Gasteiger partial charge in [0.2, 0.25) is 0 Å². The molecule has 0 unspecified atom stereocenters. The van der Waals surface area contributed by atoms with Crippen molar-refractivity contribution in [1.82, 2.24) is 0 Å². The van der Waals surface area contributed by atoms with Crippen LogP contribution in [0.25, 0.3) is 0 Å². The first-order chi connectivity index (χ1) is 4.46. The Labute approximate surface area is 67.9 Å². The second kappa shape index (κ2) is 3.52. The van der Waals surface area contributed by atoms with Gasteiger partial charge in [0.15, 0.2) is 0 Å². The average Bonchev–Trinajstić information content (AvgIpc) is 1.84. The van der Waals surface area contributed by atoms with Crippen molar-refractivity contribution in [2.45, 2.75) is 0 Å². The first-order valence-corrected chi connectivity index (χ1v) is 3.01. The van der Waals surface area contributed by atoms with Crippen molar-refractivity contribution in [3.05, 3.63) is 9.81 Å². The van der Waals surface area contributed by atoms with Crippen LogP contribution in [0.5, 0.6) is 0 Å². The van der Waals surface area contributed by atoms with Crippen LogP contribution in [-0.2, 0) is 9.59 Å². The number of rotatable bonds is 2. The number of nitrogens with two attached hydrogens (primary N) is 1. The minimum Gasteiger partial charge on any atom is -0.477 e. The molecule has 0 aliphatic heterocycles. The summed E-state index contributed by atoms with van der Waals surface area (Å²) in [6, 6.07) is 0. The minimum atomic E-state index is -1.33. The lowest BCUT2D eigenvalue weighted by Crippen LogP contribution is -2.13. The number of hydrogen-bond acceptors (Lipinski definition) is 4. The zero-order valence-electron chi connectivity index (χ0n) is 4.74. The topological polar surface area (TPSA) is 80.4 Å². The van der Waals surface area contributed by atoms with Gasteiger partial charge in [-0.1, -0.05) is 0 Å². The maximum Gasteiger partial charge on any atom is 0.343 e. The van der Waals surface area contributed by atoms with Crippen LogP contribution in [0.15, 0.2) is 9.81 Å². The summed E-state index contributed by atoms with van der Waals surface area (Å²) in [7, 11) is 0. The van der Waals surface area contributed by atoms with Gasteiger partial charge >= 0.3 is 5.97 Å². The van der Waals surface area contributed by atoms with E-state index in [1.165, 1.54) is 0 Å². The molecule has 0 bridgehead atoms. The van der Waals surface area contributed by atoms with E-state index in [0.717, 1.165) is 0 Å². The molecule has 1 amide bonds. The minimum absolute atomic E-state index is 0.351. The summed E-state index contributed by atoms with van der Waals surface area (Å²) >= 11 is 6.97. The molecule has 0 heterocycles. The number of carboxylic acids is 1. The molecule has 0 radical (unpaired) electrons. The Bertz CT molecular complexity index is 189. The van der Waals surface area contributed by atoms with Crippen molar-refractivity contribution in [2.75, 3.05) is 0 Å². The Hall–Kier alpha value is -0.620. The summed E-state index contributed by atoms with van der Waals surface area (Å²) in [5.41, 5.74) is 4.69. The van der Waals surface area contributed by atoms with E-state index in [-0.39, 0.29) is 4.91 Å². The molecule has 10 heavy (non-hydrogen) atoms. The SMILES string of the molecule is NC(=O)/C(S)=C(/S)C(=O)O. The summed E-state index contributed by atoms with van der Waals surface area (Å²) in [6.45, 7) is 0. The van der Waals surface area contributed by atoms with Crippen LogP contribution in [0.2, 0.25) is 0 Å². The Morgan fingerprint density at radius 2 is 1.60 bits per heavy atom. The third-order valence-corrected chi connectivity index (χ3v) is 1.70. The predicted molar refractivity (Wildman–Crippen MR) is 41.8 cm³/mol. The number of carboxylic acid groups (broad SMARTS) is 1. The molecule has 0 rings (SSSR count). The van der Waals surface area contributed by atoms with Crippen molar-refractivity contribution < 1.29 is 14.7 Å². The van der Waals surface area contributed by atoms with E-state index in [1.54, 1.807) is 0 Å². The first-order valence-electron chi connectivity index (χ1n) is 2.12. The molecule has 4 nitrogen and oxygen atoms in total. The maximum absolute atomic E-state index is 10.2. The van der Waals surface area contributed by atoms with Crippen molar-refractivity contribution in [3.63, 3.8) is 0 Å². The lowest BCUT2D eigenvalue weighted by atomic mass is 10.5. The zero-order valence-corrected chi connectivity index (χ0v) is 6.52. The third kappa shape index (κ3) is 2.32. The molecule has 0 spiro atoms. The van der Waals surface area contributed by atoms with E-state index in [9.17, 15) is 9.59 Å². The Morgan fingerprint density at radius 3 is 1.70 bits per heavy atom. The lowest BCUT2D eigenvalue weighted by molar-refractivity contribution is -0.132. The molecule has 0 aromatic carbocycles. The Balaban J connectivity index is 4.67. The second-order valence-corrected chi connectivity index (χ2v) is 2.26. The van der Waals surface area contributed by atoms with E-state index in [2.05, 4.69) is 31.0 Å². The Morgan fingerprint density at radius 1 is 1.20 bits per heavy atom. The van der Waals surface area contributed by atoms with Crippen molar-refractivity contribution in [3.8, 4) is 0 Å². The third-order valence-electron chi connectivity index (χ3n) is 0.660. The standard InChI is InChI=1S/C4H5NO3S2/c5-3(6)1(9)2(10)4(7)8/h9-10H,(H2,5,6)(H,7,8)/b2-1-. The van der Waals surface area contributed by atoms with Gasteiger partial charge in [0.05, 0.1) is 4.91 Å². The number of amides is 1. The van der Waals surface area contributed by atoms with E-state index >= 15 is 0 Å². The largest absolute Gasteiger partial charge is 0.477 e. The summed E-state index contributed by atoms with van der Waals surface area (Å²) in [4.78, 5) is 19.5. The molecule has 0 aliphatic carbocycles. The molecule has 0 saturated heterocycles. The lowest BCUT2D eigenvalue weighted by Gasteiger charge is -1.94. The molecule has 6 heteroatoms. The summed E-state index contributed by atoms with van der Waals surface area (Å²) < 4.78 is 0. The molecular weight excluding hydrogens is 174 g/mol. The van der Waals surface area contributed by atoms with Gasteiger partial charge in [-0.2, -0.15) is 0 Å². The second-order valence-electron chi connectivity index (χ2n) is 1.37. The van der Waals surface area contributed by atoms with Gasteiger partial charge in [0.25, 0.3) is 5.91 Å². The molecule has 0 aliphatic rings. The van der Waals surface area contributed by atoms with Gasteiger partial charge < -0.3 is 10.8 Å². The van der Waals surface area contributed by atoms with Crippen LogP contribution in [0, 0.1) is 0 Å². The highest BCUT2D eigenvalue weighted by Gasteiger charge is 2.10. The highest BCUT2D eigenvalue weighted by molar-refractivity contribution is 7.90. The molecule has 0 aromatic heterocycles. The molecule has 0 atom stereocenters. The first kappa shape index (κ1) is 9.38. The van der Waals surface area contributed by atoms with Crippen molar-refractivity contribution >= 4 is 37.1 Å². The fraction of sp³-hybridized carbons (Fsp3) is 0. The average molecular weight is 179 g/mol. The quantitative estimate of drug-likeness (QED) is 0.345. The molecular formula is C4H5NO3S2. The van der Waals surface area contributed by atoms with Gasteiger partial charge in [0.1, 0.15) is 4.91 Å². The van der Waals surface area contributed by atoms with Crippen LogP contribution < -0.4 is 5.73 Å². The molecule has 3 N–H and O–H groups in total. The monoisotopic (exact) mass is 179 g/mol. The fourth-order valence-corrected chi connectivity index (χ4v) is 0.424. The van der Waals surface area contributed by atoms with Crippen LogP contribution in [0.1, 0.15) is 0 Å². The van der Waals surface area contributed by atoms with E-state index < -0.39 is 16.8 Å². The van der Waals surface area contributed by atoms with E-state index in [0.29, 0.717) is 0 Å². The maximum atomic E-state index is 10.2. The van der Waals surface area contributed by atoms with Crippen LogP contribution in [0.3, 0.4) is 0 Å². The predicted octanol–water partition coefficient (Wildman–Crippen LogP) is -0.372. The highest BCUT2D eigenvalue weighted by Crippen LogP contribution is 2.11. The van der Waals surface area contributed by atoms with Gasteiger partial charge in [-0.05, 0) is 0 Å². The van der Waals surface area contributed by atoms with Gasteiger partial charge in [-0.25, -0.2) is 4.79 Å². The fourth-order valence-electron chi connectivity index (χ4n) is 0.218. The molecule has 0 aromatic rings. The smallest absolute Gasteiger partial charge is 0.343 e. The number of hydrogen-bond donors (Lipinski definition) is 4. The number of carbonyl (C=O) groups is 2. The molecule has 0 fully saturated rings. The van der Waals surface area contributed by atoms with Gasteiger partial charge in [0, 0.05) is 0 Å². The number of primary amides is 1. The Kier molecular flexibility index (Phi) is 3.31. The van der Waals surface area contributed by atoms with E-state index in [4.69, 9.17) is 5.11 Å². The summed E-state index contributed by atoms with van der Waals surface area (Å²) in [5.74, 6) is -2.23. The summed E-state index contributed by atoms with van der Waals surface area (Å²) in [5, 5.41) is 8.21. The zero-order chi connectivity index (χ0) is 8.31. The van der Waals surface area contributed by atoms with Crippen LogP contribution in [0.4, 0.5) is 0 Å². The van der Waals surface area contributed by atoms with Gasteiger partial charge in [-0.15, -0.1) is 25.3 Å². The van der Waals surface area contributed by atoms with Crippen LogP contribution >= 0.6 is 25.3 Å². The van der Waals surface area contributed by atoms with Crippen molar-refractivity contribution in [2.24, 2.45) is 5.73 Å². The van der Waals surface area contributed by atoms with Crippen LogP contribution in [-0.4, -0.2) is 17.0 Å². The molecule has 0 saturated carbocycles. The highest BCUT2D eigenvalue weighted by atomic mass is 32.1. The summed E-state index contributed by atoms with van der Waals surface area (Å²) in [6.07, 6.45) is 0. The molecule has 56 valence electrons. The van der Waals surface area contributed by atoms with Crippen molar-refractivity contribution in [1.29, 1.82) is 0 Å².